The monoisotopic (exact) mass is 547 g/mol. The first-order valence-electron chi connectivity index (χ1n) is 11.5. The zero-order valence-electron chi connectivity index (χ0n) is 19.6. The number of anilines is 1. The van der Waals surface area contributed by atoms with Gasteiger partial charge >= 0.3 is 0 Å². The van der Waals surface area contributed by atoms with Crippen molar-refractivity contribution in [2.45, 2.75) is 6.23 Å². The highest BCUT2D eigenvalue weighted by Crippen LogP contribution is 2.37. The van der Waals surface area contributed by atoms with Gasteiger partial charge < -0.3 is 9.47 Å². The van der Waals surface area contributed by atoms with Gasteiger partial charge in [0.2, 0.25) is 5.88 Å². The van der Waals surface area contributed by atoms with Crippen LogP contribution in [0, 0.1) is 0 Å². The maximum Gasteiger partial charge on any atom is 0.277 e. The Balaban J connectivity index is 1.34. The average molecular weight is 548 g/mol. The summed E-state index contributed by atoms with van der Waals surface area (Å²) in [6, 6.07) is 12.4. The van der Waals surface area contributed by atoms with Crippen LogP contribution in [0.2, 0.25) is 10.0 Å². The Morgan fingerprint density at radius 1 is 1.11 bits per heavy atom. The first-order chi connectivity index (χ1) is 18.5. The van der Waals surface area contributed by atoms with Gasteiger partial charge in [0.15, 0.2) is 6.23 Å². The first kappa shape index (κ1) is 24.1. The van der Waals surface area contributed by atoms with E-state index in [2.05, 4.69) is 25.1 Å². The zero-order valence-corrected chi connectivity index (χ0v) is 21.1. The third-order valence-corrected chi connectivity index (χ3v) is 6.65. The summed E-state index contributed by atoms with van der Waals surface area (Å²) in [5.74, 6) is 0.613. The van der Waals surface area contributed by atoms with Crippen molar-refractivity contribution in [1.82, 2.24) is 25.1 Å². The molecule has 190 valence electrons. The predicted octanol–water partition coefficient (Wildman–Crippen LogP) is 4.80. The number of amides is 1. The van der Waals surface area contributed by atoms with Gasteiger partial charge in [-0.3, -0.25) is 30.5 Å². The lowest BCUT2D eigenvalue weighted by molar-refractivity contribution is 0.0971. The molecule has 1 aromatic carbocycles. The molecular weight excluding hydrogens is 529 g/mol. The van der Waals surface area contributed by atoms with Gasteiger partial charge in [-0.25, -0.2) is 4.98 Å². The van der Waals surface area contributed by atoms with Crippen molar-refractivity contribution in [3.05, 3.63) is 88.6 Å². The van der Waals surface area contributed by atoms with E-state index in [1.807, 2.05) is 18.2 Å². The topological polar surface area (TPSA) is 132 Å². The number of halogens is 2. The molecule has 0 unspecified atom stereocenters. The molecule has 0 spiro atoms. The molecule has 1 aliphatic rings. The van der Waals surface area contributed by atoms with E-state index in [9.17, 15) is 4.79 Å². The van der Waals surface area contributed by atoms with Crippen molar-refractivity contribution >= 4 is 45.7 Å². The number of nitrogens with zero attached hydrogens (tertiary/aromatic N) is 5. The second-order valence-electron chi connectivity index (χ2n) is 8.40. The quantitative estimate of drug-likeness (QED) is 0.300. The molecule has 38 heavy (non-hydrogen) atoms. The smallest absolute Gasteiger partial charge is 0.277 e. The summed E-state index contributed by atoms with van der Waals surface area (Å²) in [6.45, 7) is 0.695. The number of aromatic nitrogens is 5. The van der Waals surface area contributed by atoms with Crippen molar-refractivity contribution in [2.24, 2.45) is 5.73 Å². The molecule has 0 aliphatic carbocycles. The lowest BCUT2D eigenvalue weighted by atomic mass is 10.1. The van der Waals surface area contributed by atoms with Crippen LogP contribution in [0.15, 0.2) is 67.3 Å². The molecule has 5 aromatic rings. The molecule has 12 heteroatoms. The van der Waals surface area contributed by atoms with Crippen LogP contribution in [0.4, 0.5) is 5.69 Å². The van der Waals surface area contributed by atoms with E-state index in [0.29, 0.717) is 63.0 Å². The van der Waals surface area contributed by atoms with Gasteiger partial charge in [-0.2, -0.15) is 5.10 Å². The molecule has 0 radical (unpaired) electrons. The molecule has 1 atom stereocenters. The fraction of sp³-hybridized carbons (Fsp3) is 0.115. The lowest BCUT2D eigenvalue weighted by Crippen LogP contribution is -2.38. The van der Waals surface area contributed by atoms with Crippen LogP contribution < -0.4 is 20.1 Å². The van der Waals surface area contributed by atoms with Crippen LogP contribution in [-0.2, 0) is 0 Å². The van der Waals surface area contributed by atoms with Crippen LogP contribution in [0.5, 0.6) is 11.6 Å². The van der Waals surface area contributed by atoms with Gasteiger partial charge in [0.25, 0.3) is 5.91 Å². The van der Waals surface area contributed by atoms with E-state index >= 15 is 0 Å². The average Bonchev–Trinajstić information content (AvgIpc) is 3.36. The van der Waals surface area contributed by atoms with Crippen molar-refractivity contribution in [2.75, 3.05) is 18.1 Å². The maximum absolute atomic E-state index is 13.2. The van der Waals surface area contributed by atoms with Crippen LogP contribution in [0.1, 0.15) is 22.3 Å². The van der Waals surface area contributed by atoms with Crippen LogP contribution in [0.25, 0.3) is 22.2 Å². The number of H-pyrrole nitrogens is 1. The Bertz CT molecular complexity index is 1640. The van der Waals surface area contributed by atoms with E-state index < -0.39 is 6.23 Å². The molecule has 6 rings (SSSR count). The molecule has 1 amide bonds. The Hall–Kier alpha value is -4.25. The Morgan fingerprint density at radius 3 is 2.74 bits per heavy atom. The number of carbonyl (C=O) groups excluding carboxylic acids is 1. The number of ether oxygens (including phenoxy) is 2. The number of hydrogen-bond donors (Lipinski definition) is 2. The zero-order chi connectivity index (χ0) is 26.2. The van der Waals surface area contributed by atoms with Gasteiger partial charge in [0.1, 0.15) is 29.4 Å². The molecule has 5 heterocycles. The van der Waals surface area contributed by atoms with Crippen LogP contribution >= 0.6 is 23.2 Å². The SMILES string of the molecule is N[C@@H](Oc1ccc2[nH]nc(-c3cnc4c(c3)N(C(=O)c3ccccn3)CCO4)c2c1)c1c(Cl)cncc1Cl. The molecule has 1 aliphatic heterocycles. The number of carbonyl (C=O) groups is 1. The number of nitrogens with one attached hydrogen (secondary N) is 1. The molecule has 0 saturated carbocycles. The lowest BCUT2D eigenvalue weighted by Gasteiger charge is -2.28. The summed E-state index contributed by atoms with van der Waals surface area (Å²) in [6.07, 6.45) is 5.23. The standard InChI is InChI=1S/C26H19Cl2N7O3/c27-17-12-30-13-18(28)22(17)24(29)38-15-4-5-19-16(10-15)23(34-33-19)14-9-21-25(32-11-14)37-8-7-35(21)26(36)20-3-1-2-6-31-20/h1-6,9-13,24H,7-8,29H2,(H,33,34)/t24-/m0/s1. The number of aromatic amines is 1. The molecule has 0 bridgehead atoms. The predicted molar refractivity (Wildman–Crippen MR) is 143 cm³/mol. The fourth-order valence-electron chi connectivity index (χ4n) is 4.25. The molecule has 4 aromatic heterocycles. The molecule has 0 fully saturated rings. The highest BCUT2D eigenvalue weighted by Gasteiger charge is 2.27. The van der Waals surface area contributed by atoms with Gasteiger partial charge in [-0.15, -0.1) is 0 Å². The Kier molecular flexibility index (Phi) is 6.28. The number of fused-ring (bicyclic) bond motifs is 2. The van der Waals surface area contributed by atoms with Crippen molar-refractivity contribution in [1.29, 1.82) is 0 Å². The fourth-order valence-corrected chi connectivity index (χ4v) is 4.83. The summed E-state index contributed by atoms with van der Waals surface area (Å²) in [7, 11) is 0. The number of hydrogen-bond acceptors (Lipinski definition) is 8. The van der Waals surface area contributed by atoms with Gasteiger partial charge in [-0.05, 0) is 36.4 Å². The third kappa shape index (κ3) is 4.38. The second kappa shape index (κ2) is 9.90. The molecule has 10 nitrogen and oxygen atoms in total. The minimum absolute atomic E-state index is 0.237. The van der Waals surface area contributed by atoms with Gasteiger partial charge in [-0.1, -0.05) is 29.3 Å². The minimum atomic E-state index is -0.917. The summed E-state index contributed by atoms with van der Waals surface area (Å²) < 4.78 is 11.7. The highest BCUT2D eigenvalue weighted by atomic mass is 35.5. The molecule has 0 saturated heterocycles. The highest BCUT2D eigenvalue weighted by molar-refractivity contribution is 6.35. The number of benzene rings is 1. The van der Waals surface area contributed by atoms with E-state index in [1.165, 1.54) is 12.4 Å². The maximum atomic E-state index is 13.2. The molecular formula is C26H19Cl2N7O3. The minimum Gasteiger partial charge on any atom is -0.474 e. The van der Waals surface area contributed by atoms with Gasteiger partial charge in [0.05, 0.1) is 22.1 Å². The van der Waals surface area contributed by atoms with Crippen LogP contribution in [-0.4, -0.2) is 44.2 Å². The summed E-state index contributed by atoms with van der Waals surface area (Å²) in [5, 5.41) is 8.89. The number of rotatable bonds is 5. The van der Waals surface area contributed by atoms with E-state index in [-0.39, 0.29) is 5.91 Å². The van der Waals surface area contributed by atoms with Crippen molar-refractivity contribution < 1.29 is 14.3 Å². The Morgan fingerprint density at radius 2 is 1.95 bits per heavy atom. The van der Waals surface area contributed by atoms with E-state index in [4.69, 9.17) is 38.4 Å². The van der Waals surface area contributed by atoms with Gasteiger partial charge in [0, 0.05) is 41.3 Å². The first-order valence-corrected chi connectivity index (χ1v) is 12.3. The van der Waals surface area contributed by atoms with Crippen LogP contribution in [0.3, 0.4) is 0 Å². The number of nitrogens with two attached hydrogens (primary N) is 1. The Labute approximate surface area is 226 Å². The summed E-state index contributed by atoms with van der Waals surface area (Å²) in [4.78, 5) is 27.4. The normalized spacial score (nSPS) is 13.6. The third-order valence-electron chi connectivity index (χ3n) is 6.05. The van der Waals surface area contributed by atoms with E-state index in [0.717, 1.165) is 10.9 Å². The largest absolute Gasteiger partial charge is 0.474 e. The second-order valence-corrected chi connectivity index (χ2v) is 9.22. The molecule has 3 N–H and O–H groups in total. The summed E-state index contributed by atoms with van der Waals surface area (Å²) >= 11 is 12.5. The van der Waals surface area contributed by atoms with Crippen molar-refractivity contribution in [3.8, 4) is 22.9 Å². The van der Waals surface area contributed by atoms with E-state index in [1.54, 1.807) is 41.6 Å². The van der Waals surface area contributed by atoms with Crippen molar-refractivity contribution in [3.63, 3.8) is 0 Å². The summed E-state index contributed by atoms with van der Waals surface area (Å²) in [5.41, 5.74) is 9.64. The number of pyridine rings is 3.